The third-order valence-electron chi connectivity index (χ3n) is 8.86. The Labute approximate surface area is 261 Å². The Balaban J connectivity index is 1.28. The topological polar surface area (TPSA) is 54.8 Å². The zero-order chi connectivity index (χ0) is 29.5. The van der Waals surface area contributed by atoms with Crippen molar-refractivity contribution >= 4 is 87.0 Å². The molecule has 0 spiro atoms. The summed E-state index contributed by atoms with van der Waals surface area (Å²) in [5.41, 5.74) is 5.98. The molecule has 0 aliphatic carbocycles. The van der Waals surface area contributed by atoms with Crippen molar-refractivity contribution in [3.05, 3.63) is 145 Å². The van der Waals surface area contributed by atoms with Crippen molar-refractivity contribution in [2.24, 2.45) is 9.98 Å². The van der Waals surface area contributed by atoms with E-state index in [2.05, 4.69) is 119 Å². The van der Waals surface area contributed by atoms with Crippen LogP contribution in [0.3, 0.4) is 0 Å². The lowest BCUT2D eigenvalue weighted by atomic mass is 10.0. The minimum atomic E-state index is -0.291. The van der Waals surface area contributed by atoms with Gasteiger partial charge in [-0.25, -0.2) is 4.99 Å². The van der Waals surface area contributed by atoms with Crippen molar-refractivity contribution in [3.63, 3.8) is 0 Å². The molecule has 0 radical (unpaired) electrons. The summed E-state index contributed by atoms with van der Waals surface area (Å²) in [6, 6.07) is 46.5. The van der Waals surface area contributed by atoms with Gasteiger partial charge in [0.25, 0.3) is 0 Å². The fourth-order valence-corrected chi connectivity index (χ4v) is 7.96. The van der Waals surface area contributed by atoms with Crippen molar-refractivity contribution in [2.75, 3.05) is 0 Å². The molecule has 0 amide bonds. The van der Waals surface area contributed by atoms with E-state index in [-0.39, 0.29) is 6.17 Å². The number of nitrogens with zero attached hydrogens (tertiary/aromatic N) is 3. The monoisotopic (exact) mass is 596 g/mol. The summed E-state index contributed by atoms with van der Waals surface area (Å²) >= 11 is 1.83. The van der Waals surface area contributed by atoms with E-state index in [4.69, 9.17) is 14.4 Å². The van der Waals surface area contributed by atoms with Crippen LogP contribution in [0.2, 0.25) is 0 Å². The number of hydrogen-bond acceptors (Lipinski definition) is 5. The van der Waals surface area contributed by atoms with Gasteiger partial charge in [0.1, 0.15) is 17.3 Å². The van der Waals surface area contributed by atoms with Crippen molar-refractivity contribution in [1.29, 1.82) is 0 Å². The van der Waals surface area contributed by atoms with Crippen molar-refractivity contribution in [3.8, 4) is 0 Å². The molecule has 212 valence electrons. The quantitative estimate of drug-likeness (QED) is 0.216. The fraction of sp³-hybridized carbons (Fsp3) is 0.0256. The van der Waals surface area contributed by atoms with E-state index in [0.717, 1.165) is 60.8 Å². The zero-order valence-corrected chi connectivity index (χ0v) is 24.8. The lowest BCUT2D eigenvalue weighted by Gasteiger charge is -2.24. The molecule has 1 aliphatic rings. The lowest BCUT2D eigenvalue weighted by molar-refractivity contribution is 0.661. The number of furan rings is 1. The van der Waals surface area contributed by atoms with Crippen LogP contribution < -0.4 is 5.32 Å². The molecule has 10 rings (SSSR count). The lowest BCUT2D eigenvalue weighted by Crippen LogP contribution is -2.37. The Morgan fingerprint density at radius 1 is 0.600 bits per heavy atom. The molecule has 1 unspecified atom stereocenters. The summed E-state index contributed by atoms with van der Waals surface area (Å²) in [7, 11) is 0. The first kappa shape index (κ1) is 24.7. The molecule has 1 N–H and O–H groups in total. The number of nitrogens with one attached hydrogen (secondary N) is 1. The Kier molecular flexibility index (Phi) is 5.15. The van der Waals surface area contributed by atoms with Crippen molar-refractivity contribution in [2.45, 2.75) is 6.17 Å². The van der Waals surface area contributed by atoms with Gasteiger partial charge in [-0.15, -0.1) is 11.3 Å². The van der Waals surface area contributed by atoms with Gasteiger partial charge in [0, 0.05) is 47.3 Å². The number of thiophene rings is 1. The number of hydrogen-bond donors (Lipinski definition) is 1. The predicted octanol–water partition coefficient (Wildman–Crippen LogP) is 10.0. The van der Waals surface area contributed by atoms with Crippen LogP contribution in [-0.4, -0.2) is 16.4 Å². The van der Waals surface area contributed by atoms with Gasteiger partial charge < -0.3 is 9.73 Å². The van der Waals surface area contributed by atoms with E-state index in [0.29, 0.717) is 5.84 Å². The van der Waals surface area contributed by atoms with Crippen molar-refractivity contribution < 1.29 is 4.42 Å². The molecule has 3 aromatic heterocycles. The van der Waals surface area contributed by atoms with Crippen molar-refractivity contribution in [1.82, 2.24) is 9.88 Å². The number of benzene rings is 6. The highest BCUT2D eigenvalue weighted by atomic mass is 32.1. The number of rotatable bonds is 2. The largest absolute Gasteiger partial charge is 0.456 e. The van der Waals surface area contributed by atoms with Gasteiger partial charge in [-0.2, -0.15) is 4.99 Å². The molecule has 4 heterocycles. The van der Waals surface area contributed by atoms with Crippen LogP contribution in [0.1, 0.15) is 17.3 Å². The smallest absolute Gasteiger partial charge is 0.211 e. The second-order valence-electron chi connectivity index (χ2n) is 11.4. The first-order chi connectivity index (χ1) is 22.3. The maximum absolute atomic E-state index is 6.57. The molecule has 1 aliphatic heterocycles. The van der Waals surface area contributed by atoms with E-state index in [1.807, 2.05) is 35.6 Å². The Morgan fingerprint density at radius 3 is 2.22 bits per heavy atom. The highest BCUT2D eigenvalue weighted by molar-refractivity contribution is 7.26. The van der Waals surface area contributed by atoms with Gasteiger partial charge in [-0.3, -0.25) is 4.57 Å². The summed E-state index contributed by atoms with van der Waals surface area (Å²) < 4.78 is 11.4. The number of aromatic nitrogens is 1. The molecule has 45 heavy (non-hydrogen) atoms. The molecule has 0 saturated heterocycles. The SMILES string of the molecule is c1ccc(C2=NC(c3ccccc3)NC(n3c4ccccc4c4cc5oc6ccc7sc8ccccc8c7c6c5cc43)=N2)cc1. The van der Waals surface area contributed by atoms with Crippen LogP contribution in [0.5, 0.6) is 0 Å². The number of amidine groups is 1. The van der Waals surface area contributed by atoms with Crippen LogP contribution in [0.25, 0.3) is 63.9 Å². The van der Waals surface area contributed by atoms with Gasteiger partial charge >= 0.3 is 0 Å². The number of aliphatic imine (C=N–C) groups is 2. The van der Waals surface area contributed by atoms with E-state index < -0.39 is 0 Å². The Hall–Kier alpha value is -5.72. The van der Waals surface area contributed by atoms with E-state index >= 15 is 0 Å². The minimum absolute atomic E-state index is 0.291. The summed E-state index contributed by atoms with van der Waals surface area (Å²) in [4.78, 5) is 10.3. The highest BCUT2D eigenvalue weighted by Gasteiger charge is 2.25. The van der Waals surface area contributed by atoms with Gasteiger partial charge in [0.05, 0.1) is 11.0 Å². The minimum Gasteiger partial charge on any atom is -0.456 e. The zero-order valence-electron chi connectivity index (χ0n) is 23.9. The van der Waals surface area contributed by atoms with Crippen LogP contribution in [0, 0.1) is 0 Å². The third kappa shape index (κ3) is 3.66. The summed E-state index contributed by atoms with van der Waals surface area (Å²) in [6.07, 6.45) is -0.291. The van der Waals surface area contributed by atoms with Gasteiger partial charge in [-0.1, -0.05) is 97.1 Å². The maximum Gasteiger partial charge on any atom is 0.211 e. The average Bonchev–Trinajstić information content (AvgIpc) is 3.76. The summed E-state index contributed by atoms with van der Waals surface area (Å²) in [5.74, 6) is 1.44. The fourth-order valence-electron chi connectivity index (χ4n) is 6.84. The normalized spacial score (nSPS) is 15.3. The van der Waals surface area contributed by atoms with Gasteiger partial charge in [0.15, 0.2) is 5.84 Å². The van der Waals surface area contributed by atoms with Crippen LogP contribution in [0.15, 0.2) is 148 Å². The third-order valence-corrected chi connectivity index (χ3v) is 9.99. The van der Waals surface area contributed by atoms with E-state index in [1.165, 1.54) is 20.2 Å². The number of fused-ring (bicyclic) bond motifs is 10. The Bertz CT molecular complexity index is 2680. The second kappa shape index (κ2) is 9.39. The summed E-state index contributed by atoms with van der Waals surface area (Å²) in [6.45, 7) is 0. The first-order valence-corrected chi connectivity index (χ1v) is 15.9. The molecule has 1 atom stereocenters. The van der Waals surface area contributed by atoms with Crippen LogP contribution in [0.4, 0.5) is 0 Å². The van der Waals surface area contributed by atoms with Gasteiger partial charge in [-0.05, 0) is 42.0 Å². The molecule has 5 nitrogen and oxygen atoms in total. The molecular formula is C39H24N4OS. The molecule has 0 fully saturated rings. The first-order valence-electron chi connectivity index (χ1n) is 15.0. The standard InChI is InChI=1S/C39H24N4OS/c1-3-11-23(12-4-1)37-40-38(24-13-5-2-6-14-24)42-39(41-37)43-29-17-9-7-15-25(29)27-22-32-28(21-30(27)43)35-31(44-32)19-20-34-36(35)26-16-8-10-18-33(26)45-34/h1-22,37H,(H,40,41,42). The van der Waals surface area contributed by atoms with Crippen LogP contribution >= 0.6 is 11.3 Å². The maximum atomic E-state index is 6.57. The molecule has 9 aromatic rings. The van der Waals surface area contributed by atoms with E-state index in [9.17, 15) is 0 Å². The average molecular weight is 597 g/mol. The highest BCUT2D eigenvalue weighted by Crippen LogP contribution is 2.44. The second-order valence-corrected chi connectivity index (χ2v) is 12.5. The molecular weight excluding hydrogens is 573 g/mol. The molecule has 6 heteroatoms. The molecule has 0 saturated carbocycles. The summed E-state index contributed by atoms with van der Waals surface area (Å²) in [5, 5.41) is 10.7. The molecule has 6 aromatic carbocycles. The predicted molar refractivity (Wildman–Crippen MR) is 188 cm³/mol. The number of para-hydroxylation sites is 1. The molecule has 0 bridgehead atoms. The van der Waals surface area contributed by atoms with E-state index in [1.54, 1.807) is 0 Å². The van der Waals surface area contributed by atoms with Gasteiger partial charge in [0.2, 0.25) is 5.96 Å². The van der Waals surface area contributed by atoms with Crippen LogP contribution in [-0.2, 0) is 0 Å². The Morgan fingerprint density at radius 2 is 1.36 bits per heavy atom.